The van der Waals surface area contributed by atoms with E-state index in [9.17, 15) is 4.79 Å². The van der Waals surface area contributed by atoms with Gasteiger partial charge in [-0.25, -0.2) is 0 Å². The van der Waals surface area contributed by atoms with E-state index in [0.717, 1.165) is 38.9 Å². The molecule has 2 heterocycles. The normalized spacial score (nSPS) is 20.2. The highest BCUT2D eigenvalue weighted by molar-refractivity contribution is 7.09. The van der Waals surface area contributed by atoms with E-state index in [2.05, 4.69) is 22.8 Å². The average molecular weight is 252 g/mol. The Balaban J connectivity index is 1.78. The first kappa shape index (κ1) is 12.6. The molecule has 0 saturated carbocycles. The lowest BCUT2D eigenvalue weighted by atomic mass is 9.98. The van der Waals surface area contributed by atoms with E-state index >= 15 is 0 Å². The number of amides is 1. The summed E-state index contributed by atoms with van der Waals surface area (Å²) in [7, 11) is 1.92. The molecule has 1 aliphatic heterocycles. The number of thiophene rings is 1. The fourth-order valence-electron chi connectivity index (χ4n) is 2.22. The monoisotopic (exact) mass is 252 g/mol. The molecule has 2 rings (SSSR count). The summed E-state index contributed by atoms with van der Waals surface area (Å²) in [6.45, 7) is 2.74. The van der Waals surface area contributed by atoms with Crippen LogP contribution in [0.4, 0.5) is 0 Å². The molecule has 1 N–H and O–H groups in total. The molecule has 0 aliphatic carbocycles. The van der Waals surface area contributed by atoms with Gasteiger partial charge in [-0.3, -0.25) is 4.79 Å². The van der Waals surface area contributed by atoms with Crippen molar-refractivity contribution in [3.63, 3.8) is 0 Å². The number of carbonyl (C=O) groups is 1. The molecule has 94 valence electrons. The highest BCUT2D eigenvalue weighted by atomic mass is 32.1. The quantitative estimate of drug-likeness (QED) is 0.885. The zero-order valence-corrected chi connectivity index (χ0v) is 11.1. The van der Waals surface area contributed by atoms with E-state index in [0.29, 0.717) is 5.91 Å². The van der Waals surface area contributed by atoms with Crippen LogP contribution in [0.2, 0.25) is 0 Å². The Morgan fingerprint density at radius 3 is 3.18 bits per heavy atom. The molecule has 17 heavy (non-hydrogen) atoms. The number of hydrogen-bond acceptors (Lipinski definition) is 3. The third kappa shape index (κ3) is 3.54. The minimum Gasteiger partial charge on any atom is -0.345 e. The molecule has 0 spiro atoms. The number of nitrogens with zero attached hydrogens (tertiary/aromatic N) is 1. The summed E-state index contributed by atoms with van der Waals surface area (Å²) in [6.07, 6.45) is 3.13. The first-order valence-corrected chi connectivity index (χ1v) is 7.13. The summed E-state index contributed by atoms with van der Waals surface area (Å²) in [4.78, 5) is 15.4. The molecule has 1 atom stereocenters. The summed E-state index contributed by atoms with van der Waals surface area (Å²) in [5, 5.41) is 5.38. The summed E-state index contributed by atoms with van der Waals surface area (Å²) >= 11 is 1.76. The van der Waals surface area contributed by atoms with E-state index in [1.807, 2.05) is 11.9 Å². The molecule has 0 bridgehead atoms. The molecule has 1 amide bonds. The Kier molecular flexibility index (Phi) is 4.57. The van der Waals surface area contributed by atoms with Gasteiger partial charge in [-0.2, -0.15) is 0 Å². The number of nitrogens with one attached hydrogen (secondary N) is 1. The van der Waals surface area contributed by atoms with Gasteiger partial charge in [0.15, 0.2) is 0 Å². The molecule has 1 fully saturated rings. The van der Waals surface area contributed by atoms with E-state index < -0.39 is 0 Å². The first-order chi connectivity index (χ1) is 8.27. The second kappa shape index (κ2) is 6.17. The Labute approximate surface area is 107 Å². The summed E-state index contributed by atoms with van der Waals surface area (Å²) in [5.74, 6) is 0.492. The van der Waals surface area contributed by atoms with Gasteiger partial charge in [-0.1, -0.05) is 6.07 Å². The molecule has 1 aliphatic rings. The van der Waals surface area contributed by atoms with Gasteiger partial charge < -0.3 is 10.2 Å². The molecule has 1 aromatic rings. The van der Waals surface area contributed by atoms with Crippen molar-refractivity contribution in [3.05, 3.63) is 22.4 Å². The minimum absolute atomic E-state index is 0.192. The van der Waals surface area contributed by atoms with Gasteiger partial charge in [0.2, 0.25) is 5.91 Å². The van der Waals surface area contributed by atoms with Gasteiger partial charge in [-0.15, -0.1) is 11.3 Å². The van der Waals surface area contributed by atoms with Gasteiger partial charge in [0.1, 0.15) is 0 Å². The highest BCUT2D eigenvalue weighted by Gasteiger charge is 2.23. The van der Waals surface area contributed by atoms with Crippen LogP contribution in [0.25, 0.3) is 0 Å². The van der Waals surface area contributed by atoms with Gasteiger partial charge in [0, 0.05) is 25.0 Å². The van der Waals surface area contributed by atoms with Crippen molar-refractivity contribution in [3.8, 4) is 0 Å². The maximum absolute atomic E-state index is 12.1. The van der Waals surface area contributed by atoms with Gasteiger partial charge >= 0.3 is 0 Å². The maximum atomic E-state index is 12.1. The molecule has 0 unspecified atom stereocenters. The summed E-state index contributed by atoms with van der Waals surface area (Å²) in [5.41, 5.74) is 0. The lowest BCUT2D eigenvalue weighted by Crippen LogP contribution is -2.42. The topological polar surface area (TPSA) is 32.3 Å². The second-order valence-electron chi connectivity index (χ2n) is 4.63. The van der Waals surface area contributed by atoms with Crippen molar-refractivity contribution in [2.24, 2.45) is 5.92 Å². The van der Waals surface area contributed by atoms with Crippen molar-refractivity contribution in [1.29, 1.82) is 0 Å². The SMILES string of the molecule is CN(CCc1cccs1)C(=O)[C@@H]1CCCNC1. The van der Waals surface area contributed by atoms with E-state index in [1.165, 1.54) is 4.88 Å². The lowest BCUT2D eigenvalue weighted by Gasteiger charge is -2.26. The second-order valence-corrected chi connectivity index (χ2v) is 5.66. The standard InChI is InChI=1S/C13H20N2OS/c1-15(8-6-12-5-3-9-17-12)13(16)11-4-2-7-14-10-11/h3,5,9,11,14H,2,4,6-8,10H2,1H3/t11-/m1/s1. The van der Waals surface area contributed by atoms with Gasteiger partial charge in [0.25, 0.3) is 0 Å². The van der Waals surface area contributed by atoms with Crippen LogP contribution in [-0.2, 0) is 11.2 Å². The Bertz CT molecular complexity index is 344. The first-order valence-electron chi connectivity index (χ1n) is 6.25. The Hall–Kier alpha value is -0.870. The van der Waals surface area contributed by atoms with Crippen molar-refractivity contribution in [1.82, 2.24) is 10.2 Å². The van der Waals surface area contributed by atoms with E-state index in [1.54, 1.807) is 11.3 Å². The third-order valence-electron chi connectivity index (χ3n) is 3.30. The molecule has 1 saturated heterocycles. The van der Waals surface area contributed by atoms with Crippen LogP contribution in [0.5, 0.6) is 0 Å². The van der Waals surface area contributed by atoms with Crippen LogP contribution in [0.15, 0.2) is 17.5 Å². The van der Waals surface area contributed by atoms with Crippen molar-refractivity contribution in [2.45, 2.75) is 19.3 Å². The number of rotatable bonds is 4. The molecule has 1 aromatic heterocycles. The molecular weight excluding hydrogens is 232 g/mol. The van der Waals surface area contributed by atoms with E-state index in [4.69, 9.17) is 0 Å². The lowest BCUT2D eigenvalue weighted by molar-refractivity contribution is -0.134. The van der Waals surface area contributed by atoms with Crippen molar-refractivity contribution < 1.29 is 4.79 Å². The van der Waals surface area contributed by atoms with Crippen molar-refractivity contribution >= 4 is 17.2 Å². The van der Waals surface area contributed by atoms with E-state index in [-0.39, 0.29) is 5.92 Å². The summed E-state index contributed by atoms with van der Waals surface area (Å²) < 4.78 is 0. The Morgan fingerprint density at radius 2 is 2.53 bits per heavy atom. The van der Waals surface area contributed by atoms with Crippen molar-refractivity contribution in [2.75, 3.05) is 26.7 Å². The largest absolute Gasteiger partial charge is 0.345 e. The molecule has 0 aromatic carbocycles. The number of likely N-dealkylation sites (N-methyl/N-ethyl adjacent to an activating group) is 1. The predicted octanol–water partition coefficient (Wildman–Crippen LogP) is 1.75. The zero-order valence-electron chi connectivity index (χ0n) is 10.3. The van der Waals surface area contributed by atoms with Gasteiger partial charge in [-0.05, 0) is 37.3 Å². The van der Waals surface area contributed by atoms with Crippen LogP contribution < -0.4 is 5.32 Å². The number of hydrogen-bond donors (Lipinski definition) is 1. The summed E-state index contributed by atoms with van der Waals surface area (Å²) in [6, 6.07) is 4.19. The molecule has 0 radical (unpaired) electrons. The zero-order chi connectivity index (χ0) is 12.1. The van der Waals surface area contributed by atoms with Crippen LogP contribution in [0, 0.1) is 5.92 Å². The fraction of sp³-hybridized carbons (Fsp3) is 0.615. The average Bonchev–Trinajstić information content (AvgIpc) is 2.89. The number of piperidine rings is 1. The van der Waals surface area contributed by atoms with Crippen LogP contribution in [0.1, 0.15) is 17.7 Å². The minimum atomic E-state index is 0.192. The van der Waals surface area contributed by atoms with Crippen LogP contribution >= 0.6 is 11.3 Å². The molecule has 4 heteroatoms. The maximum Gasteiger partial charge on any atom is 0.226 e. The molecule has 3 nitrogen and oxygen atoms in total. The number of carbonyl (C=O) groups excluding carboxylic acids is 1. The molecular formula is C13H20N2OS. The Morgan fingerprint density at radius 1 is 1.65 bits per heavy atom. The predicted molar refractivity (Wildman–Crippen MR) is 71.3 cm³/mol. The smallest absolute Gasteiger partial charge is 0.226 e. The fourth-order valence-corrected chi connectivity index (χ4v) is 2.92. The highest BCUT2D eigenvalue weighted by Crippen LogP contribution is 2.14. The third-order valence-corrected chi connectivity index (χ3v) is 4.23. The van der Waals surface area contributed by atoms with Gasteiger partial charge in [0.05, 0.1) is 5.92 Å². The van der Waals surface area contributed by atoms with Crippen LogP contribution in [0.3, 0.4) is 0 Å². The van der Waals surface area contributed by atoms with Crippen LogP contribution in [-0.4, -0.2) is 37.5 Å².